The summed E-state index contributed by atoms with van der Waals surface area (Å²) in [7, 11) is 0. The molecule has 2 rings (SSSR count). The van der Waals surface area contributed by atoms with Gasteiger partial charge in [0, 0.05) is 18.1 Å². The van der Waals surface area contributed by atoms with Crippen LogP contribution in [0.25, 0.3) is 5.69 Å². The zero-order chi connectivity index (χ0) is 11.1. The van der Waals surface area contributed by atoms with Gasteiger partial charge in [-0.15, -0.1) is 0 Å². The lowest BCUT2D eigenvalue weighted by molar-refractivity contribution is -0.106. The fourth-order valence-corrected chi connectivity index (χ4v) is 1.12. The summed E-state index contributed by atoms with van der Waals surface area (Å²) in [4.78, 5) is 12.5. The van der Waals surface area contributed by atoms with Crippen LogP contribution in [0.3, 0.4) is 0 Å². The van der Waals surface area contributed by atoms with Crippen LogP contribution in [0.15, 0.2) is 42.7 Å². The minimum atomic E-state index is 0.250. The molecule has 0 saturated heterocycles. The number of nitrogens with two attached hydrogens (primary N) is 2. The Bertz CT molecular complexity index is 410. The van der Waals surface area contributed by atoms with Crippen molar-refractivity contribution in [3.05, 3.63) is 42.7 Å². The summed E-state index contributed by atoms with van der Waals surface area (Å²) in [6.45, 7) is 0. The number of imidazole rings is 1. The van der Waals surface area contributed by atoms with Gasteiger partial charge in [-0.1, -0.05) is 18.2 Å². The Morgan fingerprint density at radius 3 is 2.33 bits per heavy atom. The van der Waals surface area contributed by atoms with Crippen molar-refractivity contribution in [3.8, 4) is 5.69 Å². The van der Waals surface area contributed by atoms with Gasteiger partial charge in [-0.3, -0.25) is 9.36 Å². The lowest BCUT2D eigenvalue weighted by Gasteiger charge is -2.02. The number of primary amides is 1. The molecule has 0 aliphatic heterocycles. The topological polar surface area (TPSA) is 86.9 Å². The second-order valence-corrected chi connectivity index (χ2v) is 2.63. The van der Waals surface area contributed by atoms with E-state index in [1.807, 2.05) is 41.1 Å². The van der Waals surface area contributed by atoms with Crippen molar-refractivity contribution in [1.82, 2.24) is 9.55 Å². The number of anilines is 1. The molecule has 0 radical (unpaired) electrons. The molecule has 5 nitrogen and oxygen atoms in total. The summed E-state index contributed by atoms with van der Waals surface area (Å²) in [5, 5.41) is 0. The lowest BCUT2D eigenvalue weighted by atomic mass is 10.3. The second-order valence-electron chi connectivity index (χ2n) is 2.63. The van der Waals surface area contributed by atoms with Gasteiger partial charge in [0.1, 0.15) is 0 Å². The van der Waals surface area contributed by atoms with Crippen molar-refractivity contribution < 1.29 is 4.79 Å². The van der Waals surface area contributed by atoms with Crippen molar-refractivity contribution >= 4 is 12.4 Å². The van der Waals surface area contributed by atoms with Gasteiger partial charge in [-0.25, -0.2) is 4.98 Å². The molecule has 1 aromatic heterocycles. The summed E-state index contributed by atoms with van der Waals surface area (Å²) in [5.74, 6) is 0.515. The molecule has 2 aromatic rings. The van der Waals surface area contributed by atoms with Gasteiger partial charge in [0.2, 0.25) is 12.4 Å². The first-order valence-corrected chi connectivity index (χ1v) is 4.29. The molecular weight excluding hydrogens is 192 g/mol. The fraction of sp³-hybridized carbons (Fsp3) is 0. The predicted molar refractivity (Wildman–Crippen MR) is 58.2 cm³/mol. The van der Waals surface area contributed by atoms with E-state index in [1.54, 1.807) is 6.20 Å². The normalized spacial score (nSPS) is 8.80. The van der Waals surface area contributed by atoms with Crippen LogP contribution >= 0.6 is 0 Å². The Kier molecular flexibility index (Phi) is 3.91. The van der Waals surface area contributed by atoms with Crippen LogP contribution in [-0.2, 0) is 4.79 Å². The number of para-hydroxylation sites is 1. The third kappa shape index (κ3) is 2.84. The molecule has 1 heterocycles. The summed E-state index contributed by atoms with van der Waals surface area (Å²) < 4.78 is 1.83. The minimum absolute atomic E-state index is 0.250. The third-order valence-corrected chi connectivity index (χ3v) is 1.70. The van der Waals surface area contributed by atoms with Crippen LogP contribution < -0.4 is 11.5 Å². The van der Waals surface area contributed by atoms with Crippen molar-refractivity contribution in [3.63, 3.8) is 0 Å². The lowest BCUT2D eigenvalue weighted by Crippen LogP contribution is -1.98. The quantitative estimate of drug-likeness (QED) is 0.665. The number of carbonyl (C=O) groups excluding carboxylic acids is 1. The standard InChI is InChI=1S/C9H9N3.CH3NO/c10-9-11-6-7-12(9)8-4-2-1-3-5-8;2-1-3/h1-7H,(H2,10,11);1H,(H2,2,3). The van der Waals surface area contributed by atoms with E-state index in [9.17, 15) is 0 Å². The molecule has 78 valence electrons. The van der Waals surface area contributed by atoms with E-state index in [4.69, 9.17) is 10.5 Å². The highest BCUT2D eigenvalue weighted by atomic mass is 16.1. The summed E-state index contributed by atoms with van der Waals surface area (Å²) in [6.07, 6.45) is 3.77. The monoisotopic (exact) mass is 204 g/mol. The number of hydrogen-bond donors (Lipinski definition) is 2. The van der Waals surface area contributed by atoms with Crippen molar-refractivity contribution in [2.75, 3.05) is 5.73 Å². The molecule has 1 aromatic carbocycles. The maximum absolute atomic E-state index is 8.58. The van der Waals surface area contributed by atoms with Crippen LogP contribution in [-0.4, -0.2) is 16.0 Å². The molecule has 1 amide bonds. The van der Waals surface area contributed by atoms with E-state index in [-0.39, 0.29) is 6.41 Å². The van der Waals surface area contributed by atoms with Gasteiger partial charge < -0.3 is 11.5 Å². The summed E-state index contributed by atoms with van der Waals surface area (Å²) in [6, 6.07) is 9.87. The molecule has 4 N–H and O–H groups in total. The highest BCUT2D eigenvalue weighted by Crippen LogP contribution is 2.10. The molecule has 0 atom stereocenters. The van der Waals surface area contributed by atoms with E-state index in [0.29, 0.717) is 5.95 Å². The minimum Gasteiger partial charge on any atom is -0.372 e. The van der Waals surface area contributed by atoms with Crippen molar-refractivity contribution in [2.45, 2.75) is 0 Å². The van der Waals surface area contributed by atoms with Gasteiger partial charge >= 0.3 is 0 Å². The first-order valence-electron chi connectivity index (χ1n) is 4.29. The van der Waals surface area contributed by atoms with E-state index in [1.165, 1.54) is 0 Å². The van der Waals surface area contributed by atoms with Gasteiger partial charge in [0.25, 0.3) is 0 Å². The molecule has 5 heteroatoms. The zero-order valence-electron chi connectivity index (χ0n) is 8.08. The Hall–Kier alpha value is -2.30. The SMILES string of the molecule is NC=O.Nc1nccn1-c1ccccc1. The number of amides is 1. The first kappa shape index (κ1) is 10.8. The number of nitrogen functional groups attached to an aromatic ring is 1. The molecule has 0 aliphatic rings. The first-order chi connectivity index (χ1) is 7.29. The van der Waals surface area contributed by atoms with E-state index >= 15 is 0 Å². The molecule has 0 bridgehead atoms. The van der Waals surface area contributed by atoms with Crippen LogP contribution in [0.4, 0.5) is 5.95 Å². The van der Waals surface area contributed by atoms with Gasteiger partial charge in [-0.2, -0.15) is 0 Å². The predicted octanol–water partition coefficient (Wildman–Crippen LogP) is 0.556. The Morgan fingerprint density at radius 2 is 1.87 bits per heavy atom. The average molecular weight is 204 g/mol. The maximum Gasteiger partial charge on any atom is 0.204 e. The highest BCUT2D eigenvalue weighted by molar-refractivity contribution is 5.42. The number of carbonyl (C=O) groups is 1. The average Bonchev–Trinajstić information content (AvgIpc) is 2.67. The number of benzene rings is 1. The van der Waals surface area contributed by atoms with Crippen LogP contribution in [0.1, 0.15) is 0 Å². The van der Waals surface area contributed by atoms with E-state index < -0.39 is 0 Å². The second kappa shape index (κ2) is 5.43. The number of nitrogens with zero attached hydrogens (tertiary/aromatic N) is 2. The van der Waals surface area contributed by atoms with E-state index in [2.05, 4.69) is 10.7 Å². The smallest absolute Gasteiger partial charge is 0.204 e. The summed E-state index contributed by atoms with van der Waals surface area (Å²) >= 11 is 0. The molecule has 0 spiro atoms. The Morgan fingerprint density at radius 1 is 1.27 bits per heavy atom. The molecular formula is C10H12N4O. The maximum atomic E-state index is 8.58. The van der Waals surface area contributed by atoms with Crippen LogP contribution in [0, 0.1) is 0 Å². The number of aromatic nitrogens is 2. The highest BCUT2D eigenvalue weighted by Gasteiger charge is 1.97. The molecule has 0 aliphatic carbocycles. The van der Waals surface area contributed by atoms with Crippen molar-refractivity contribution in [1.29, 1.82) is 0 Å². The van der Waals surface area contributed by atoms with Crippen molar-refractivity contribution in [2.24, 2.45) is 5.73 Å². The third-order valence-electron chi connectivity index (χ3n) is 1.70. The van der Waals surface area contributed by atoms with Crippen LogP contribution in [0.5, 0.6) is 0 Å². The largest absolute Gasteiger partial charge is 0.372 e. The summed E-state index contributed by atoms with van der Waals surface area (Å²) in [5.41, 5.74) is 10.8. The Labute approximate surface area is 87.3 Å². The zero-order valence-corrected chi connectivity index (χ0v) is 8.08. The van der Waals surface area contributed by atoms with Gasteiger partial charge in [0.05, 0.1) is 0 Å². The Balaban J connectivity index is 0.000000337. The van der Waals surface area contributed by atoms with Gasteiger partial charge in [-0.05, 0) is 12.1 Å². The van der Waals surface area contributed by atoms with E-state index in [0.717, 1.165) is 5.69 Å². The molecule has 15 heavy (non-hydrogen) atoms. The molecule has 0 saturated carbocycles. The number of rotatable bonds is 1. The number of hydrogen-bond acceptors (Lipinski definition) is 3. The molecule has 0 fully saturated rings. The van der Waals surface area contributed by atoms with Gasteiger partial charge in [0.15, 0.2) is 0 Å². The molecule has 0 unspecified atom stereocenters. The fourth-order valence-electron chi connectivity index (χ4n) is 1.12. The van der Waals surface area contributed by atoms with Crippen LogP contribution in [0.2, 0.25) is 0 Å².